The van der Waals surface area contributed by atoms with Crippen molar-refractivity contribution in [1.82, 2.24) is 0 Å². The summed E-state index contributed by atoms with van der Waals surface area (Å²) in [6.45, 7) is 7.85. The molecule has 0 aliphatic carbocycles. The molecule has 0 bridgehead atoms. The second-order valence-corrected chi connectivity index (χ2v) is 9.29. The quantitative estimate of drug-likeness (QED) is 0.208. The molecule has 164 valence electrons. The molecule has 0 aliphatic rings. The lowest BCUT2D eigenvalue weighted by Gasteiger charge is -2.22. The molecule has 0 aromatic rings. The minimum Gasteiger partial charge on any atom is -0.390 e. The zero-order chi connectivity index (χ0) is 21.8. The average Bonchev–Trinajstić information content (AvgIpc) is 2.55. The summed E-state index contributed by atoms with van der Waals surface area (Å²) in [5, 5.41) is -0.516. The van der Waals surface area contributed by atoms with Crippen molar-refractivity contribution in [2.45, 2.75) is 46.7 Å². The summed E-state index contributed by atoms with van der Waals surface area (Å²) in [6.07, 6.45) is -0.821. The minimum absolute atomic E-state index is 0.00177. The van der Waals surface area contributed by atoms with Gasteiger partial charge in [0.2, 0.25) is 0 Å². The van der Waals surface area contributed by atoms with Crippen molar-refractivity contribution >= 4 is 27.1 Å². The van der Waals surface area contributed by atoms with Crippen molar-refractivity contribution in [1.29, 1.82) is 0 Å². The Bertz CT molecular complexity index is 607. The molecule has 0 radical (unpaired) electrons. The molecule has 0 aliphatic heterocycles. The van der Waals surface area contributed by atoms with E-state index in [0.29, 0.717) is 0 Å². The molecule has 0 aromatic carbocycles. The summed E-state index contributed by atoms with van der Waals surface area (Å²) < 4.78 is 44.9. The van der Waals surface area contributed by atoms with E-state index in [0.717, 1.165) is 0 Å². The zero-order valence-corrected chi connectivity index (χ0v) is 18.5. The maximum atomic E-state index is 12.7. The Morgan fingerprint density at radius 2 is 1.32 bits per heavy atom. The van der Waals surface area contributed by atoms with E-state index in [-0.39, 0.29) is 32.8 Å². The van der Waals surface area contributed by atoms with Crippen LogP contribution in [-0.4, -0.2) is 55.2 Å². The summed E-state index contributed by atoms with van der Waals surface area (Å²) in [7, 11) is -7.64. The van der Waals surface area contributed by atoms with Gasteiger partial charge in [0.15, 0.2) is 11.8 Å². The van der Waals surface area contributed by atoms with Gasteiger partial charge in [0.1, 0.15) is 5.02 Å². The Labute approximate surface area is 164 Å². The third-order valence-electron chi connectivity index (χ3n) is 2.98. The molecule has 1 atom stereocenters. The molecular formula is C14H28N2O10P2. The summed E-state index contributed by atoms with van der Waals surface area (Å²) in [5.74, 6) is -2.45. The first-order valence-corrected chi connectivity index (χ1v) is 12.1. The second kappa shape index (κ2) is 13.1. The first-order valence-electron chi connectivity index (χ1n) is 8.79. The Balaban J connectivity index is 4.99. The Kier molecular flexibility index (Phi) is 12.6. The van der Waals surface area contributed by atoms with Crippen LogP contribution in [0, 0.1) is 0 Å². The predicted molar refractivity (Wildman–Crippen MR) is 96.5 cm³/mol. The van der Waals surface area contributed by atoms with Crippen LogP contribution in [0.15, 0.2) is 0 Å². The molecule has 12 nitrogen and oxygen atoms in total. The minimum atomic E-state index is -3.86. The zero-order valence-electron chi connectivity index (χ0n) is 16.7. The number of hydrogen-bond acceptors (Lipinski definition) is 10. The van der Waals surface area contributed by atoms with E-state index in [1.165, 1.54) is 6.92 Å². The van der Waals surface area contributed by atoms with Crippen LogP contribution in [0.3, 0.4) is 0 Å². The number of rotatable bonds is 15. The lowest BCUT2D eigenvalue weighted by atomic mass is 10.3. The second-order valence-electron chi connectivity index (χ2n) is 5.02. The van der Waals surface area contributed by atoms with Gasteiger partial charge in [-0.05, 0) is 34.1 Å². The fourth-order valence-corrected chi connectivity index (χ4v) is 5.37. The molecule has 0 heterocycles. The molecule has 28 heavy (non-hydrogen) atoms. The van der Waals surface area contributed by atoms with Crippen LogP contribution >= 0.6 is 15.2 Å². The Morgan fingerprint density at radius 1 is 0.857 bits per heavy atom. The third-order valence-corrected chi connectivity index (χ3v) is 7.51. The van der Waals surface area contributed by atoms with Crippen LogP contribution in [0.1, 0.15) is 41.0 Å². The number of carbonyl (C=O) groups is 2. The van der Waals surface area contributed by atoms with Crippen LogP contribution in [-0.2, 0) is 46.5 Å². The highest BCUT2D eigenvalue weighted by molar-refractivity contribution is 7.55. The van der Waals surface area contributed by atoms with Gasteiger partial charge in [-0.25, -0.2) is 9.59 Å². The highest BCUT2D eigenvalue weighted by Gasteiger charge is 2.43. The average molecular weight is 446 g/mol. The maximum Gasteiger partial charge on any atom is 0.400 e. The van der Waals surface area contributed by atoms with Crippen molar-refractivity contribution in [2.24, 2.45) is 0 Å². The Morgan fingerprint density at radius 3 is 1.71 bits per heavy atom. The van der Waals surface area contributed by atoms with Crippen molar-refractivity contribution < 1.29 is 51.5 Å². The standard InChI is InChI=1S/C14H28N2O10P2/c1-6-12(28(20,23-9-4)24-10-5)14(18)26-16(15)25-13(17)11-27(19,21-7-2)22-8-3/h12H,6-11H2,1-5H3. The molecule has 0 saturated heterocycles. The van der Waals surface area contributed by atoms with Gasteiger partial charge < -0.3 is 23.6 Å². The molecule has 1 unspecified atom stereocenters. The van der Waals surface area contributed by atoms with E-state index >= 15 is 0 Å². The first-order chi connectivity index (χ1) is 13.1. The van der Waals surface area contributed by atoms with E-state index in [1.54, 1.807) is 27.7 Å². The highest BCUT2D eigenvalue weighted by atomic mass is 31.2. The molecular weight excluding hydrogens is 418 g/mol. The normalized spacial score (nSPS) is 13.0. The largest absolute Gasteiger partial charge is 0.400 e. The predicted octanol–water partition coefficient (Wildman–Crippen LogP) is 3.25. The van der Waals surface area contributed by atoms with Crippen LogP contribution < -0.4 is 0 Å². The highest BCUT2D eigenvalue weighted by Crippen LogP contribution is 2.54. The number of nitrogens with zero attached hydrogens (tertiary/aromatic N) is 2. The SMILES string of the molecule is CCOP(=O)(CC(=O)O[N+](=[N-])OC(=O)C(CC)P(=O)(OCC)OCC)OCC. The van der Waals surface area contributed by atoms with E-state index in [2.05, 4.69) is 9.68 Å². The molecule has 14 heteroatoms. The molecule has 0 saturated carbocycles. The van der Waals surface area contributed by atoms with E-state index in [4.69, 9.17) is 18.1 Å². The van der Waals surface area contributed by atoms with Gasteiger partial charge in [-0.2, -0.15) is 9.68 Å². The molecule has 0 aromatic heterocycles. The molecule has 0 fully saturated rings. The lowest BCUT2D eigenvalue weighted by Crippen LogP contribution is -2.30. The summed E-state index contributed by atoms with van der Waals surface area (Å²) in [4.78, 5) is 32.8. The smallest absolute Gasteiger partial charge is 0.390 e. The number of hydrogen-bond donors (Lipinski definition) is 0. The van der Waals surface area contributed by atoms with Gasteiger partial charge in [0, 0.05) is 0 Å². The monoisotopic (exact) mass is 446 g/mol. The van der Waals surface area contributed by atoms with Crippen LogP contribution in [0.4, 0.5) is 0 Å². The Hall–Kier alpha value is -1.16. The van der Waals surface area contributed by atoms with Crippen molar-refractivity contribution in [2.75, 3.05) is 32.6 Å². The van der Waals surface area contributed by atoms with E-state index in [9.17, 15) is 24.3 Å². The summed E-state index contributed by atoms with van der Waals surface area (Å²) in [5.41, 5.74) is 8.16. The van der Waals surface area contributed by atoms with Crippen LogP contribution in [0.5, 0.6) is 0 Å². The fourth-order valence-electron chi connectivity index (χ4n) is 2.05. The van der Waals surface area contributed by atoms with E-state index < -0.39 is 44.0 Å². The summed E-state index contributed by atoms with van der Waals surface area (Å²) in [6, 6.07) is 0. The van der Waals surface area contributed by atoms with Gasteiger partial charge in [0.25, 0.3) is 0 Å². The third kappa shape index (κ3) is 8.89. The van der Waals surface area contributed by atoms with E-state index in [1.807, 2.05) is 0 Å². The fraction of sp³-hybridized carbons (Fsp3) is 0.857. The van der Waals surface area contributed by atoms with Gasteiger partial charge in [-0.15, -0.1) is 0 Å². The number of carbonyl (C=O) groups excluding carboxylic acids is 2. The molecule has 0 rings (SSSR count). The lowest BCUT2D eigenvalue weighted by molar-refractivity contribution is -0.945. The molecule has 0 N–H and O–H groups in total. The van der Waals surface area contributed by atoms with Crippen LogP contribution in [0.25, 0.3) is 5.53 Å². The topological polar surface area (TPSA) is 149 Å². The van der Waals surface area contributed by atoms with Gasteiger partial charge in [-0.3, -0.25) is 9.13 Å². The van der Waals surface area contributed by atoms with Crippen LogP contribution in [0.2, 0.25) is 0 Å². The van der Waals surface area contributed by atoms with Gasteiger partial charge in [0.05, 0.1) is 26.4 Å². The van der Waals surface area contributed by atoms with Crippen molar-refractivity contribution in [3.63, 3.8) is 0 Å². The van der Waals surface area contributed by atoms with Gasteiger partial charge >= 0.3 is 27.1 Å². The molecule has 0 amide bonds. The van der Waals surface area contributed by atoms with Crippen molar-refractivity contribution in [3.8, 4) is 0 Å². The van der Waals surface area contributed by atoms with Gasteiger partial charge in [-0.1, -0.05) is 6.92 Å². The first kappa shape index (κ1) is 26.8. The molecule has 0 spiro atoms. The summed E-state index contributed by atoms with van der Waals surface area (Å²) >= 11 is 0. The maximum absolute atomic E-state index is 12.7. The van der Waals surface area contributed by atoms with Crippen molar-refractivity contribution in [3.05, 3.63) is 5.53 Å².